The topological polar surface area (TPSA) is 281 Å². The van der Waals surface area contributed by atoms with Crippen LogP contribution in [0.5, 0.6) is 5.75 Å². The first-order chi connectivity index (χ1) is 53.6. The van der Waals surface area contributed by atoms with Crippen molar-refractivity contribution >= 4 is 170 Å². The van der Waals surface area contributed by atoms with Gasteiger partial charge in [0.25, 0.3) is 0 Å². The maximum absolute atomic E-state index is 14.6. The minimum atomic E-state index is -3.64. The first kappa shape index (κ1) is 86.8. The number of benzene rings is 6. The van der Waals surface area contributed by atoms with Crippen LogP contribution in [0.4, 0.5) is 0 Å². The Morgan fingerprint density at radius 3 is 1.71 bits per heavy atom. The summed E-state index contributed by atoms with van der Waals surface area (Å²) in [5.41, 5.74) is 0.0337. The van der Waals surface area contributed by atoms with Gasteiger partial charge in [0.2, 0.25) is 36.6 Å². The summed E-state index contributed by atoms with van der Waals surface area (Å²) < 4.78 is 57.0. The van der Waals surface area contributed by atoms with Crippen LogP contribution >= 0.6 is 82.4 Å². The lowest BCUT2D eigenvalue weighted by molar-refractivity contribution is -0.904. The van der Waals surface area contributed by atoms with E-state index in [0.29, 0.717) is 23.7 Å². The number of pyridine rings is 4. The fourth-order valence-electron chi connectivity index (χ4n) is 12.9. The highest BCUT2D eigenvalue weighted by atomic mass is 79.9. The number of likely N-dealkylation sites (tertiary alicyclic amines) is 1. The molecular formula is C83H85Br2Cl4N12O11PS+2. The number of hydrogen-bond donors (Lipinski definition) is 3. The van der Waals surface area contributed by atoms with Crippen molar-refractivity contribution in [3.05, 3.63) is 259 Å². The summed E-state index contributed by atoms with van der Waals surface area (Å²) in [6, 6.07) is 47.7. The molecule has 7 aromatic heterocycles. The Morgan fingerprint density at radius 1 is 0.675 bits per heavy atom. The lowest BCUT2D eigenvalue weighted by Crippen LogP contribution is -2.55. The third kappa shape index (κ3) is 23.3. The standard InChI is InChI=1S/C40H50N4O8S.C12H8ClN3.C12H10N3O.C9H7BrNO.C9H6BrN.CH4.Cl3OP/c1-8-26-22-40(26,34(45)24-53(49,50)29-14-15-29)42-36(47)32-20-28(23-43(32)37(48)31(38(2,3)4)21-35(46)52-39(5,6)7)51-33-12-9-11-25-19-27(13-16-30(25)33)44-18-10-17-41-44;13-12-11-3-2-10(16-7-1-5-15-16)8-9(11)4-6-14-12;16-14-7-4-10-8-12(3-2-11(10)9-14)15-6-1-5-13-15;10-9-2-1-8-6-11(12)4-3-7(8)5-9;10-9-2-1-8-6-11-4-3-7(8)5-9;;1-5(2,3)4/h8-13,16-19,26,28-29,31-32H,1,14-15,20-24H2,2-7H3,(H,42,47);1-8H;1-9,16H;1-6,12H;1-6H;1H4;/q;;2*+1;;;/t26-,28-,31-,32+,40-;;;;;;/m1....../s1. The molecule has 3 N–H and O–H groups in total. The minimum Gasteiger partial charge on any atom is -0.488 e. The number of nitrogens with one attached hydrogen (secondary N) is 1. The van der Waals surface area contributed by atoms with Crippen LogP contribution in [-0.2, 0) is 38.3 Å². The van der Waals surface area contributed by atoms with Gasteiger partial charge < -0.3 is 19.7 Å². The first-order valence-electron chi connectivity index (χ1n) is 35.7. The molecule has 1 saturated heterocycles. The van der Waals surface area contributed by atoms with E-state index in [-0.39, 0.29) is 33.2 Å². The molecule has 0 radical (unpaired) electrons. The monoisotopic (exact) mass is 1790 g/mol. The molecule has 0 bridgehead atoms. The van der Waals surface area contributed by atoms with Crippen molar-refractivity contribution in [2.24, 2.45) is 17.3 Å². The van der Waals surface area contributed by atoms with E-state index in [4.69, 9.17) is 26.3 Å². The molecule has 13 aromatic rings. The molecule has 2 saturated carbocycles. The van der Waals surface area contributed by atoms with E-state index in [2.05, 4.69) is 109 Å². The molecular weight excluding hydrogens is 1710 g/mol. The van der Waals surface area contributed by atoms with Crippen LogP contribution in [0.3, 0.4) is 0 Å². The molecule has 5 atom stereocenters. The second kappa shape index (κ2) is 37.3. The van der Waals surface area contributed by atoms with Crippen LogP contribution in [0, 0.1) is 17.3 Å². The quantitative estimate of drug-likeness (QED) is 0.0215. The summed E-state index contributed by atoms with van der Waals surface area (Å²) in [6.07, 6.45) is 24.9. The van der Waals surface area contributed by atoms with Crippen molar-refractivity contribution in [1.29, 1.82) is 0 Å². The summed E-state index contributed by atoms with van der Waals surface area (Å²) >= 11 is 26.6. The second-order valence-electron chi connectivity index (χ2n) is 29.2. The number of carbonyl (C=O) groups is 4. The molecule has 2 aliphatic carbocycles. The number of fused-ring (bicyclic) bond motifs is 5. The number of Topliss-reactive ketones (excluding diaryl/α,β-unsaturated/α-hetero) is 1. The Bertz CT molecular complexity index is 5730. The Labute approximate surface area is 696 Å². The van der Waals surface area contributed by atoms with Crippen LogP contribution < -0.4 is 19.5 Å². The van der Waals surface area contributed by atoms with Crippen molar-refractivity contribution in [3.8, 4) is 22.8 Å². The molecule has 1 aliphatic heterocycles. The predicted molar refractivity (Wildman–Crippen MR) is 453 cm³/mol. The maximum Gasteiger partial charge on any atom is 0.339 e. The molecule has 0 spiro atoms. The summed E-state index contributed by atoms with van der Waals surface area (Å²) in [5, 5.41) is 41.1. The fourth-order valence-corrected chi connectivity index (χ4v) is 15.6. The third-order valence-electron chi connectivity index (χ3n) is 18.7. The summed E-state index contributed by atoms with van der Waals surface area (Å²) in [6.45, 7) is 14.7. The van der Waals surface area contributed by atoms with Gasteiger partial charge in [-0.1, -0.05) is 95.9 Å². The predicted octanol–water partition coefficient (Wildman–Crippen LogP) is 18.2. The number of esters is 1. The van der Waals surface area contributed by atoms with Crippen LogP contribution in [0.1, 0.15) is 81.1 Å². The van der Waals surface area contributed by atoms with Crippen molar-refractivity contribution in [2.45, 2.75) is 110 Å². The molecule has 0 unspecified atom stereocenters. The van der Waals surface area contributed by atoms with E-state index >= 15 is 0 Å². The number of rotatable bonds is 15. The molecule has 114 heavy (non-hydrogen) atoms. The Morgan fingerprint density at radius 2 is 1.18 bits per heavy atom. The fraction of sp³-hybridized carbons (Fsp3) is 0.265. The average Bonchev–Trinajstić information content (AvgIpc) is 1.57. The molecule has 2 amide bonds. The Hall–Kier alpha value is -9.63. The van der Waals surface area contributed by atoms with Crippen molar-refractivity contribution in [1.82, 2.24) is 49.5 Å². The number of carbonyl (C=O) groups excluding carboxylic acids is 4. The Kier molecular flexibility index (Phi) is 28.4. The summed E-state index contributed by atoms with van der Waals surface area (Å²) in [5.74, 6) is -3.48. The molecule has 594 valence electrons. The second-order valence-corrected chi connectivity index (χ2v) is 40.3. The van der Waals surface area contributed by atoms with E-state index in [9.17, 15) is 37.4 Å². The van der Waals surface area contributed by atoms with Gasteiger partial charge in [-0.25, -0.2) is 27.4 Å². The highest BCUT2D eigenvalue weighted by molar-refractivity contribution is 9.10. The van der Waals surface area contributed by atoms with Gasteiger partial charge in [-0.15, -0.1) is 6.58 Å². The molecule has 16 rings (SSSR count). The van der Waals surface area contributed by atoms with E-state index in [1.807, 2.05) is 196 Å². The molecule has 8 heterocycles. The molecule has 3 fully saturated rings. The molecule has 3 aliphatic rings. The van der Waals surface area contributed by atoms with Gasteiger partial charge in [0.15, 0.2) is 15.6 Å². The lowest BCUT2D eigenvalue weighted by atomic mass is 9.77. The zero-order valence-electron chi connectivity index (χ0n) is 62.2. The van der Waals surface area contributed by atoms with Crippen molar-refractivity contribution in [3.63, 3.8) is 0 Å². The number of nitrogens with zero attached hydrogens (tertiary/aromatic N) is 11. The minimum absolute atomic E-state index is 0. The highest BCUT2D eigenvalue weighted by Crippen LogP contribution is 2.61. The van der Waals surface area contributed by atoms with Crippen LogP contribution in [-0.4, -0.2) is 127 Å². The van der Waals surface area contributed by atoms with Gasteiger partial charge in [-0.05, 0) is 227 Å². The number of aromatic nitrogens is 10. The molecule has 23 nitrogen and oxygen atoms in total. The van der Waals surface area contributed by atoms with Crippen LogP contribution in [0.15, 0.2) is 254 Å². The van der Waals surface area contributed by atoms with Crippen LogP contribution in [0.25, 0.3) is 70.9 Å². The first-order valence-corrected chi connectivity index (χ1v) is 43.8. The summed E-state index contributed by atoms with van der Waals surface area (Å²) in [4.78, 5) is 65.1. The number of ether oxygens (including phenoxy) is 2. The summed E-state index contributed by atoms with van der Waals surface area (Å²) in [7, 11) is -3.64. The van der Waals surface area contributed by atoms with E-state index in [1.54, 1.807) is 92.0 Å². The maximum atomic E-state index is 14.6. The normalized spacial score (nSPS) is 16.6. The average molecular weight is 1790 g/mol. The van der Waals surface area contributed by atoms with Crippen molar-refractivity contribution < 1.29 is 61.5 Å². The number of ketones is 1. The zero-order chi connectivity index (χ0) is 81.2. The van der Waals surface area contributed by atoms with Gasteiger partial charge >= 0.3 is 11.2 Å². The smallest absolute Gasteiger partial charge is 0.339 e. The van der Waals surface area contributed by atoms with Gasteiger partial charge in [-0.3, -0.25) is 39.1 Å². The zero-order valence-corrected chi connectivity index (χ0v) is 70.1. The van der Waals surface area contributed by atoms with Gasteiger partial charge in [-0.2, -0.15) is 15.3 Å². The van der Waals surface area contributed by atoms with Gasteiger partial charge in [0.1, 0.15) is 39.9 Å². The SMILES string of the molecule is Brc1ccc2cnccc2c1.C.C=C[C@@H]1C[C@]1(NC(=O)[C@@H]1C[C@@H](Oc2cccc3cc(-n4cccn4)ccc23)CN1C(=O)[C@@H](CC(=O)OC(C)(C)C)C(C)(C)C)C(=O)CS(=O)(=O)C1CC1.Clc1nccc2cc(-n3cccn3)ccc12.O=P(Cl)(Cl)Cl.O[n+]1ccc2cc(-n3cccn3)ccc2c1.O[n+]1ccc2cc(Br)ccc2c1. The molecule has 31 heteroatoms. The van der Waals surface area contributed by atoms with E-state index < -0.39 is 90.1 Å². The largest absolute Gasteiger partial charge is 0.488 e. The Balaban J connectivity index is 0.000000179. The number of amides is 2. The van der Waals surface area contributed by atoms with Gasteiger partial charge in [0.05, 0.1) is 52.0 Å². The van der Waals surface area contributed by atoms with Crippen LogP contribution in [0.2, 0.25) is 5.15 Å². The third-order valence-corrected chi connectivity index (χ3v) is 22.1. The lowest BCUT2D eigenvalue weighted by Gasteiger charge is -2.35. The number of hydrogen-bond acceptors (Lipinski definition) is 16. The van der Waals surface area contributed by atoms with Crippen molar-refractivity contribution in [2.75, 3.05) is 12.3 Å². The number of sulfone groups is 1. The van der Waals surface area contributed by atoms with Gasteiger partial charge in [0, 0.05) is 115 Å². The highest BCUT2D eigenvalue weighted by Gasteiger charge is 2.61. The molecule has 6 aromatic carbocycles. The van der Waals surface area contributed by atoms with E-state index in [1.165, 1.54) is 15.7 Å². The number of halogens is 6. The van der Waals surface area contributed by atoms with E-state index in [0.717, 1.165) is 78.6 Å².